The minimum atomic E-state index is -1.47. The van der Waals surface area contributed by atoms with E-state index in [9.17, 15) is 38.7 Å². The summed E-state index contributed by atoms with van der Waals surface area (Å²) in [6.07, 6.45) is 4.74. The van der Waals surface area contributed by atoms with Gasteiger partial charge in [0.25, 0.3) is 5.91 Å². The summed E-state index contributed by atoms with van der Waals surface area (Å²) in [6, 6.07) is -5.78. The van der Waals surface area contributed by atoms with Crippen LogP contribution in [0.4, 0.5) is 0 Å². The molecule has 3 aliphatic heterocycles. The average Bonchev–Trinajstić information content (AvgIpc) is 3.04. The smallest absolute Gasteiger partial charge is 0.330 e. The highest BCUT2D eigenvalue weighted by Gasteiger charge is 2.41. The van der Waals surface area contributed by atoms with Crippen molar-refractivity contribution in [3.8, 4) is 0 Å². The topological polar surface area (TPSA) is 216 Å². The Balaban J connectivity index is 1.86. The first-order chi connectivity index (χ1) is 22.7. The third-order valence-corrected chi connectivity index (χ3v) is 8.71. The molecule has 0 aromatic carbocycles. The molecule has 0 aromatic rings. The number of hydrogen-bond donors (Lipinski definition) is 5. The molecule has 16 heteroatoms. The fraction of sp³-hybridized carbons (Fsp3) is 0.750. The molecule has 2 fully saturated rings. The Morgan fingerprint density at radius 1 is 1.10 bits per heavy atom. The Bertz CT molecular complexity index is 1240. The number of cyclic esters (lactones) is 1. The number of carbonyl (C=O) groups excluding carboxylic acids is 6. The molecule has 0 aliphatic carbocycles. The van der Waals surface area contributed by atoms with E-state index in [1.165, 1.54) is 13.1 Å². The number of unbranched alkanes of at least 4 members (excludes halogenated alkanes) is 2. The monoisotopic (exact) mass is 677 g/mol. The van der Waals surface area contributed by atoms with Gasteiger partial charge in [0, 0.05) is 19.2 Å². The van der Waals surface area contributed by atoms with Crippen LogP contribution < -0.4 is 21.4 Å². The van der Waals surface area contributed by atoms with Gasteiger partial charge in [0.1, 0.15) is 36.8 Å². The quantitative estimate of drug-likeness (QED) is 0.150. The second kappa shape index (κ2) is 17.9. The Kier molecular flexibility index (Phi) is 14.3. The Morgan fingerprint density at radius 2 is 1.83 bits per heavy atom. The van der Waals surface area contributed by atoms with E-state index >= 15 is 0 Å². The number of ether oxygens (including phenoxy) is 1. The first-order valence-electron chi connectivity index (χ1n) is 16.9. The van der Waals surface area contributed by atoms with Crippen molar-refractivity contribution in [1.29, 1.82) is 0 Å². The zero-order valence-corrected chi connectivity index (χ0v) is 28.5. The number of esters is 1. The molecule has 0 spiro atoms. The van der Waals surface area contributed by atoms with Gasteiger partial charge in [-0.05, 0) is 50.9 Å². The number of fused-ring (bicyclic) bond motifs is 1. The predicted molar refractivity (Wildman–Crippen MR) is 173 cm³/mol. The van der Waals surface area contributed by atoms with Crippen LogP contribution in [0.3, 0.4) is 0 Å². The van der Waals surface area contributed by atoms with E-state index in [-0.39, 0.29) is 37.5 Å². The van der Waals surface area contributed by atoms with Gasteiger partial charge in [-0.25, -0.2) is 15.2 Å². The van der Waals surface area contributed by atoms with Crippen LogP contribution in [0.1, 0.15) is 92.4 Å². The standard InChI is InChI=1S/C32H51N7O9/c1-6-7-8-10-21(31(45)46)15-26(40)38-24(11-9-12-33-38)29(43)37-23-17-48-32(47)25-14-19(4)16-34-39(25)30(44)20(5)35-27(41)22(13-18(2)3)36-28(23)42/h12,18-25,34H,6-11,13-17H2,1-5H3,(H,35,41)(H,36,42)(H,37,43)(H,45,46)/t19-,20+,21?,22-,23+,24?,25?/m1/s1. The zero-order valence-electron chi connectivity index (χ0n) is 28.5. The lowest BCUT2D eigenvalue weighted by Gasteiger charge is -2.38. The van der Waals surface area contributed by atoms with Crippen LogP contribution in [0.15, 0.2) is 5.10 Å². The van der Waals surface area contributed by atoms with E-state index in [2.05, 4.69) is 26.5 Å². The fourth-order valence-electron chi connectivity index (χ4n) is 5.96. The molecule has 48 heavy (non-hydrogen) atoms. The molecule has 7 atom stereocenters. The van der Waals surface area contributed by atoms with Crippen LogP contribution in [-0.4, -0.2) is 106 Å². The van der Waals surface area contributed by atoms with Crippen molar-refractivity contribution in [3.63, 3.8) is 0 Å². The summed E-state index contributed by atoms with van der Waals surface area (Å²) in [6.45, 7) is 8.88. The molecule has 268 valence electrons. The highest BCUT2D eigenvalue weighted by Crippen LogP contribution is 2.22. The molecule has 3 rings (SSSR count). The van der Waals surface area contributed by atoms with Crippen molar-refractivity contribution >= 4 is 47.7 Å². The first kappa shape index (κ1) is 38.4. The molecule has 5 N–H and O–H groups in total. The number of hydrazone groups is 1. The number of carbonyl (C=O) groups is 7. The van der Waals surface area contributed by atoms with E-state index in [1.54, 1.807) is 0 Å². The summed E-state index contributed by atoms with van der Waals surface area (Å²) < 4.78 is 5.54. The van der Waals surface area contributed by atoms with E-state index in [1.807, 2.05) is 27.7 Å². The average molecular weight is 678 g/mol. The maximum atomic E-state index is 13.7. The van der Waals surface area contributed by atoms with Crippen LogP contribution in [0.2, 0.25) is 0 Å². The molecular weight excluding hydrogens is 626 g/mol. The van der Waals surface area contributed by atoms with Crippen molar-refractivity contribution in [2.45, 2.75) is 123 Å². The van der Waals surface area contributed by atoms with Gasteiger partial charge >= 0.3 is 11.9 Å². The van der Waals surface area contributed by atoms with Gasteiger partial charge in [-0.3, -0.25) is 33.8 Å². The van der Waals surface area contributed by atoms with Crippen molar-refractivity contribution in [3.05, 3.63) is 0 Å². The number of rotatable bonds is 11. The highest BCUT2D eigenvalue weighted by atomic mass is 16.5. The van der Waals surface area contributed by atoms with Gasteiger partial charge in [-0.15, -0.1) is 0 Å². The Morgan fingerprint density at radius 3 is 2.50 bits per heavy atom. The number of aliphatic carboxylic acids is 1. The highest BCUT2D eigenvalue weighted by molar-refractivity contribution is 5.97. The maximum Gasteiger partial charge on any atom is 0.330 e. The van der Waals surface area contributed by atoms with Gasteiger partial charge in [0.05, 0.1) is 5.92 Å². The number of nitrogens with zero attached hydrogens (tertiary/aromatic N) is 3. The SMILES string of the molecule is CCCCCC(CC(=O)N1N=CCCC1C(=O)N[C@H]1COC(=O)C2C[C@@H](C)CNN2C(=O)[C@H](C)NC(=O)[C@@H](CC(C)C)NC1=O)C(=O)O. The van der Waals surface area contributed by atoms with E-state index in [0.29, 0.717) is 25.8 Å². The summed E-state index contributed by atoms with van der Waals surface area (Å²) in [5, 5.41) is 23.8. The molecule has 0 aromatic heterocycles. The second-order valence-corrected chi connectivity index (χ2v) is 13.4. The van der Waals surface area contributed by atoms with Gasteiger partial charge in [0.2, 0.25) is 23.6 Å². The van der Waals surface area contributed by atoms with E-state index in [0.717, 1.165) is 22.9 Å². The minimum Gasteiger partial charge on any atom is -0.481 e. The third kappa shape index (κ3) is 10.5. The minimum absolute atomic E-state index is 0.00384. The molecule has 0 saturated carbocycles. The lowest BCUT2D eigenvalue weighted by Crippen LogP contribution is -2.63. The number of amides is 5. The first-order valence-corrected chi connectivity index (χ1v) is 16.9. The Hall–Kier alpha value is -4.08. The lowest BCUT2D eigenvalue weighted by molar-refractivity contribution is -0.163. The summed E-state index contributed by atoms with van der Waals surface area (Å²) in [4.78, 5) is 92.5. The molecule has 3 heterocycles. The van der Waals surface area contributed by atoms with Crippen molar-refractivity contribution in [2.75, 3.05) is 13.2 Å². The van der Waals surface area contributed by atoms with Crippen molar-refractivity contribution in [2.24, 2.45) is 22.9 Å². The number of carboxylic acid groups (broad SMARTS) is 1. The Labute approximate surface area is 281 Å². The van der Waals surface area contributed by atoms with Crippen molar-refractivity contribution < 1.29 is 43.4 Å². The third-order valence-electron chi connectivity index (χ3n) is 8.71. The zero-order chi connectivity index (χ0) is 35.5. The van der Waals surface area contributed by atoms with E-state index < -0.39 is 84.2 Å². The van der Waals surface area contributed by atoms with E-state index in [4.69, 9.17) is 4.74 Å². The van der Waals surface area contributed by atoms with Gasteiger partial charge in [0.15, 0.2) is 0 Å². The molecule has 3 unspecified atom stereocenters. The molecule has 5 amide bonds. The van der Waals surface area contributed by atoms with Crippen molar-refractivity contribution in [1.82, 2.24) is 31.4 Å². The van der Waals surface area contributed by atoms with Crippen LogP contribution in [0.25, 0.3) is 0 Å². The van der Waals surface area contributed by atoms with Crippen LogP contribution in [0.5, 0.6) is 0 Å². The maximum absolute atomic E-state index is 13.7. The van der Waals surface area contributed by atoms with Gasteiger partial charge in [-0.1, -0.05) is 47.0 Å². The largest absolute Gasteiger partial charge is 0.481 e. The molecule has 16 nitrogen and oxygen atoms in total. The summed E-state index contributed by atoms with van der Waals surface area (Å²) in [5.41, 5.74) is 2.94. The molecule has 3 aliphatic rings. The summed E-state index contributed by atoms with van der Waals surface area (Å²) in [5.74, 6) is -6.26. The fourth-order valence-corrected chi connectivity index (χ4v) is 5.96. The number of hydrazine groups is 1. The predicted octanol–water partition coefficient (Wildman–Crippen LogP) is 0.453. The van der Waals surface area contributed by atoms with Crippen LogP contribution in [-0.2, 0) is 38.3 Å². The number of carboxylic acids is 1. The lowest BCUT2D eigenvalue weighted by atomic mass is 9.97. The normalized spacial score (nSPS) is 27.8. The number of nitrogens with one attached hydrogen (secondary N) is 4. The molecule has 2 saturated heterocycles. The summed E-state index contributed by atoms with van der Waals surface area (Å²) >= 11 is 0. The summed E-state index contributed by atoms with van der Waals surface area (Å²) in [7, 11) is 0. The van der Waals surface area contributed by atoms with Crippen LogP contribution in [0, 0.1) is 17.8 Å². The van der Waals surface area contributed by atoms with Gasteiger partial charge in [-0.2, -0.15) is 5.10 Å². The number of hydrogen-bond acceptors (Lipinski definition) is 10. The molecule has 0 radical (unpaired) electrons. The molecular formula is C32H51N7O9. The van der Waals surface area contributed by atoms with Crippen LogP contribution >= 0.6 is 0 Å². The second-order valence-electron chi connectivity index (χ2n) is 13.4. The molecule has 0 bridgehead atoms. The van der Waals surface area contributed by atoms with Gasteiger partial charge < -0.3 is 25.8 Å².